The monoisotopic (exact) mass is 317 g/mol. The van der Waals surface area contributed by atoms with Gasteiger partial charge in [0.25, 0.3) is 0 Å². The Hall–Kier alpha value is -2.00. The number of hydrogen-bond acceptors (Lipinski definition) is 2. The first-order valence-electron chi connectivity index (χ1n) is 7.45. The van der Waals surface area contributed by atoms with Gasteiger partial charge < -0.3 is 10.1 Å². The Bertz CT molecular complexity index is 611. The topological polar surface area (TPSA) is 38.3 Å². The van der Waals surface area contributed by atoms with Gasteiger partial charge in [0, 0.05) is 6.42 Å². The van der Waals surface area contributed by atoms with Crippen molar-refractivity contribution in [2.24, 2.45) is 0 Å². The summed E-state index contributed by atoms with van der Waals surface area (Å²) in [5.41, 5.74) is 1.93. The number of benzene rings is 2. The van der Waals surface area contributed by atoms with Gasteiger partial charge in [-0.15, -0.1) is 0 Å². The summed E-state index contributed by atoms with van der Waals surface area (Å²) in [5.74, 6) is 0.779. The Morgan fingerprint density at radius 1 is 1.14 bits per heavy atom. The Morgan fingerprint density at radius 2 is 1.86 bits per heavy atom. The smallest absolute Gasteiger partial charge is 0.224 e. The summed E-state index contributed by atoms with van der Waals surface area (Å²) in [6, 6.07) is 15.2. The van der Waals surface area contributed by atoms with Gasteiger partial charge in [0.2, 0.25) is 5.91 Å². The SMILES string of the molecule is CCc1ccc(OCCCC(=O)Nc2ccccc2Cl)cc1. The Labute approximate surface area is 136 Å². The lowest BCUT2D eigenvalue weighted by Crippen LogP contribution is -2.13. The second kappa shape index (κ2) is 8.44. The highest BCUT2D eigenvalue weighted by molar-refractivity contribution is 6.33. The minimum atomic E-state index is -0.0574. The predicted octanol–water partition coefficient (Wildman–Crippen LogP) is 4.70. The van der Waals surface area contributed by atoms with Gasteiger partial charge in [-0.25, -0.2) is 0 Å². The maximum atomic E-state index is 11.8. The molecule has 22 heavy (non-hydrogen) atoms. The second-order valence-corrected chi connectivity index (χ2v) is 5.38. The summed E-state index contributed by atoms with van der Waals surface area (Å²) in [4.78, 5) is 11.8. The number of hydrogen-bond donors (Lipinski definition) is 1. The highest BCUT2D eigenvalue weighted by Crippen LogP contribution is 2.20. The van der Waals surface area contributed by atoms with Crippen molar-refractivity contribution in [1.82, 2.24) is 0 Å². The molecule has 3 nitrogen and oxygen atoms in total. The van der Waals surface area contributed by atoms with Crippen molar-refractivity contribution in [2.75, 3.05) is 11.9 Å². The standard InChI is InChI=1S/C18H20ClNO2/c1-2-14-9-11-15(12-10-14)22-13-5-8-18(21)20-17-7-4-3-6-16(17)19/h3-4,6-7,9-12H,2,5,8,13H2,1H3,(H,20,21). The van der Waals surface area contributed by atoms with Crippen molar-refractivity contribution >= 4 is 23.2 Å². The zero-order chi connectivity index (χ0) is 15.8. The fourth-order valence-corrected chi connectivity index (χ4v) is 2.20. The maximum Gasteiger partial charge on any atom is 0.224 e. The summed E-state index contributed by atoms with van der Waals surface area (Å²) in [6.45, 7) is 2.63. The van der Waals surface area contributed by atoms with Crippen molar-refractivity contribution < 1.29 is 9.53 Å². The number of carbonyl (C=O) groups is 1. The van der Waals surface area contributed by atoms with E-state index in [1.54, 1.807) is 12.1 Å². The molecule has 0 spiro atoms. The van der Waals surface area contributed by atoms with Crippen LogP contribution in [0.4, 0.5) is 5.69 Å². The van der Waals surface area contributed by atoms with E-state index in [4.69, 9.17) is 16.3 Å². The highest BCUT2D eigenvalue weighted by Gasteiger charge is 2.05. The molecule has 0 aromatic heterocycles. The molecule has 1 N–H and O–H groups in total. The lowest BCUT2D eigenvalue weighted by atomic mass is 10.2. The molecule has 0 atom stereocenters. The van der Waals surface area contributed by atoms with Crippen LogP contribution in [0.25, 0.3) is 0 Å². The van der Waals surface area contributed by atoms with E-state index in [1.165, 1.54) is 5.56 Å². The molecular formula is C18H20ClNO2. The van der Waals surface area contributed by atoms with Crippen LogP contribution >= 0.6 is 11.6 Å². The number of ether oxygens (including phenoxy) is 1. The molecular weight excluding hydrogens is 298 g/mol. The third-order valence-electron chi connectivity index (χ3n) is 3.30. The highest BCUT2D eigenvalue weighted by atomic mass is 35.5. The molecule has 2 aromatic rings. The van der Waals surface area contributed by atoms with Crippen LogP contribution < -0.4 is 10.1 Å². The largest absolute Gasteiger partial charge is 0.494 e. The number of carbonyl (C=O) groups excluding carboxylic acids is 1. The predicted molar refractivity (Wildman–Crippen MR) is 90.6 cm³/mol. The molecule has 0 saturated carbocycles. The summed E-state index contributed by atoms with van der Waals surface area (Å²) in [5, 5.41) is 3.34. The van der Waals surface area contributed by atoms with E-state index >= 15 is 0 Å². The average molecular weight is 318 g/mol. The van der Waals surface area contributed by atoms with Crippen LogP contribution in [0.1, 0.15) is 25.3 Å². The minimum Gasteiger partial charge on any atom is -0.494 e. The van der Waals surface area contributed by atoms with Crippen LogP contribution in [0.3, 0.4) is 0 Å². The van der Waals surface area contributed by atoms with Gasteiger partial charge in [0.1, 0.15) is 5.75 Å². The van der Waals surface area contributed by atoms with Gasteiger partial charge in [0.15, 0.2) is 0 Å². The third-order valence-corrected chi connectivity index (χ3v) is 3.63. The molecule has 2 rings (SSSR count). The van der Waals surface area contributed by atoms with Gasteiger partial charge in [0.05, 0.1) is 17.3 Å². The number of amides is 1. The van der Waals surface area contributed by atoms with Gasteiger partial charge in [-0.2, -0.15) is 0 Å². The molecule has 0 aliphatic rings. The van der Waals surface area contributed by atoms with Crippen molar-refractivity contribution in [3.8, 4) is 5.75 Å². The van der Waals surface area contributed by atoms with Crippen LogP contribution in [0, 0.1) is 0 Å². The zero-order valence-electron chi connectivity index (χ0n) is 12.6. The van der Waals surface area contributed by atoms with Crippen LogP contribution in [-0.2, 0) is 11.2 Å². The number of anilines is 1. The number of para-hydroxylation sites is 1. The van der Waals surface area contributed by atoms with Gasteiger partial charge >= 0.3 is 0 Å². The van der Waals surface area contributed by atoms with Crippen molar-refractivity contribution in [3.05, 3.63) is 59.1 Å². The molecule has 0 bridgehead atoms. The third kappa shape index (κ3) is 5.08. The Morgan fingerprint density at radius 3 is 2.55 bits per heavy atom. The van der Waals surface area contributed by atoms with E-state index in [-0.39, 0.29) is 5.91 Å². The van der Waals surface area contributed by atoms with E-state index in [2.05, 4.69) is 24.4 Å². The number of nitrogens with one attached hydrogen (secondary N) is 1. The molecule has 1 amide bonds. The average Bonchev–Trinajstić information content (AvgIpc) is 2.54. The van der Waals surface area contributed by atoms with Gasteiger partial charge in [-0.3, -0.25) is 4.79 Å². The molecule has 0 heterocycles. The number of aryl methyl sites for hydroxylation is 1. The molecule has 0 aliphatic carbocycles. The summed E-state index contributed by atoms with van der Waals surface area (Å²) in [7, 11) is 0. The fraction of sp³-hybridized carbons (Fsp3) is 0.278. The normalized spacial score (nSPS) is 10.3. The van der Waals surface area contributed by atoms with E-state index in [0.717, 1.165) is 12.2 Å². The van der Waals surface area contributed by atoms with Gasteiger partial charge in [-0.05, 0) is 42.7 Å². The molecule has 116 valence electrons. The fourth-order valence-electron chi connectivity index (χ4n) is 2.02. The van der Waals surface area contributed by atoms with Crippen LogP contribution in [0.5, 0.6) is 5.75 Å². The summed E-state index contributed by atoms with van der Waals surface area (Å²) < 4.78 is 5.62. The molecule has 0 fully saturated rings. The van der Waals surface area contributed by atoms with E-state index in [9.17, 15) is 4.79 Å². The lowest BCUT2D eigenvalue weighted by Gasteiger charge is -2.08. The van der Waals surface area contributed by atoms with Crippen LogP contribution in [-0.4, -0.2) is 12.5 Å². The Kier molecular flexibility index (Phi) is 6.28. The number of rotatable bonds is 7. The lowest BCUT2D eigenvalue weighted by molar-refractivity contribution is -0.116. The van der Waals surface area contributed by atoms with Crippen molar-refractivity contribution in [2.45, 2.75) is 26.2 Å². The molecule has 4 heteroatoms. The molecule has 0 radical (unpaired) electrons. The first-order chi connectivity index (χ1) is 10.7. The molecule has 0 aliphatic heterocycles. The molecule has 0 saturated heterocycles. The van der Waals surface area contributed by atoms with E-state index in [1.807, 2.05) is 24.3 Å². The second-order valence-electron chi connectivity index (χ2n) is 4.98. The van der Waals surface area contributed by atoms with Crippen molar-refractivity contribution in [3.63, 3.8) is 0 Å². The molecule has 0 unspecified atom stereocenters. The van der Waals surface area contributed by atoms with Crippen molar-refractivity contribution in [1.29, 1.82) is 0 Å². The zero-order valence-corrected chi connectivity index (χ0v) is 13.4. The van der Waals surface area contributed by atoms with E-state index < -0.39 is 0 Å². The van der Waals surface area contributed by atoms with Crippen LogP contribution in [0.15, 0.2) is 48.5 Å². The van der Waals surface area contributed by atoms with Gasteiger partial charge in [-0.1, -0.05) is 42.8 Å². The maximum absolute atomic E-state index is 11.8. The molecule has 2 aromatic carbocycles. The summed E-state index contributed by atoms with van der Waals surface area (Å²) in [6.07, 6.45) is 2.08. The first kappa shape index (κ1) is 16.4. The number of halogens is 1. The van der Waals surface area contributed by atoms with Crippen LogP contribution in [0.2, 0.25) is 5.02 Å². The quantitative estimate of drug-likeness (QED) is 0.752. The summed E-state index contributed by atoms with van der Waals surface area (Å²) >= 11 is 5.99. The Balaban J connectivity index is 1.69. The first-order valence-corrected chi connectivity index (χ1v) is 7.83. The van der Waals surface area contributed by atoms with E-state index in [0.29, 0.717) is 30.2 Å². The minimum absolute atomic E-state index is 0.0574.